The van der Waals surface area contributed by atoms with E-state index in [1.807, 2.05) is 18.2 Å². The molecule has 0 aliphatic carbocycles. The Morgan fingerprint density at radius 3 is 2.31 bits per heavy atom. The van der Waals surface area contributed by atoms with E-state index < -0.39 is 0 Å². The molecule has 0 saturated carbocycles. The summed E-state index contributed by atoms with van der Waals surface area (Å²) >= 11 is 0. The van der Waals surface area contributed by atoms with E-state index in [1.165, 1.54) is 0 Å². The summed E-state index contributed by atoms with van der Waals surface area (Å²) in [5, 5.41) is 2.83. The van der Waals surface area contributed by atoms with Gasteiger partial charge in [0.05, 0.1) is 0 Å². The number of para-hydroxylation sites is 1. The lowest BCUT2D eigenvalue weighted by Crippen LogP contribution is -2.16. The molecule has 1 aromatic rings. The van der Waals surface area contributed by atoms with Gasteiger partial charge in [0.25, 0.3) is 6.54 Å². The van der Waals surface area contributed by atoms with Crippen LogP contribution in [-0.2, 0) is 17.6 Å². The smallest absolute Gasteiger partial charge is 0.304 e. The zero-order chi connectivity index (χ0) is 12.0. The Bertz CT molecular complexity index is 396. The molecule has 1 amide bonds. The van der Waals surface area contributed by atoms with E-state index >= 15 is 0 Å². The lowest BCUT2D eigenvalue weighted by Gasteiger charge is -2.12. The molecule has 0 unspecified atom stereocenters. The van der Waals surface area contributed by atoms with Crippen molar-refractivity contribution >= 4 is 11.6 Å². The Morgan fingerprint density at radius 2 is 1.88 bits per heavy atom. The molecule has 84 valence electrons. The van der Waals surface area contributed by atoms with Crippen LogP contribution in [0.5, 0.6) is 0 Å². The van der Waals surface area contributed by atoms with Crippen molar-refractivity contribution in [3.05, 3.63) is 40.7 Å². The minimum Gasteiger partial charge on any atom is -0.319 e. The lowest BCUT2D eigenvalue weighted by atomic mass is 10.0. The number of anilines is 1. The number of hydrogen-bond donors (Lipinski definition) is 1. The van der Waals surface area contributed by atoms with Crippen LogP contribution in [-0.4, -0.2) is 12.5 Å². The van der Waals surface area contributed by atoms with Crippen LogP contribution in [0.4, 0.5) is 5.69 Å². The molecule has 0 fully saturated rings. The lowest BCUT2D eigenvalue weighted by molar-refractivity contribution is -0.114. The number of nitrogens with zero attached hydrogens (tertiary/aromatic N) is 1. The number of nitrogens with one attached hydrogen (secondary N) is 1. The van der Waals surface area contributed by atoms with Crippen LogP contribution in [0, 0.1) is 6.57 Å². The maximum Gasteiger partial charge on any atom is 0.304 e. The van der Waals surface area contributed by atoms with Crippen molar-refractivity contribution in [3.8, 4) is 0 Å². The van der Waals surface area contributed by atoms with Crippen molar-refractivity contribution in [2.24, 2.45) is 0 Å². The zero-order valence-corrected chi connectivity index (χ0v) is 9.71. The topological polar surface area (TPSA) is 33.5 Å². The molecular formula is C13H16N2O. The number of carbonyl (C=O) groups excluding carboxylic acids is 1. The summed E-state index contributed by atoms with van der Waals surface area (Å²) in [5.41, 5.74) is 3.14. The largest absolute Gasteiger partial charge is 0.319 e. The van der Waals surface area contributed by atoms with Gasteiger partial charge in [0.15, 0.2) is 0 Å². The maximum absolute atomic E-state index is 11.4. The molecule has 16 heavy (non-hydrogen) atoms. The van der Waals surface area contributed by atoms with Gasteiger partial charge in [-0.1, -0.05) is 32.0 Å². The molecule has 0 aromatic heterocycles. The van der Waals surface area contributed by atoms with Crippen molar-refractivity contribution in [2.45, 2.75) is 26.7 Å². The zero-order valence-electron chi connectivity index (χ0n) is 9.71. The van der Waals surface area contributed by atoms with Crippen LogP contribution in [0.2, 0.25) is 0 Å². The third-order valence-corrected chi connectivity index (χ3v) is 2.49. The number of hydrogen-bond acceptors (Lipinski definition) is 1. The fourth-order valence-corrected chi connectivity index (χ4v) is 1.65. The number of benzene rings is 1. The predicted octanol–water partition coefficient (Wildman–Crippen LogP) is 2.67. The first-order chi connectivity index (χ1) is 7.72. The quantitative estimate of drug-likeness (QED) is 0.771. The minimum absolute atomic E-state index is 0.110. The van der Waals surface area contributed by atoms with Crippen molar-refractivity contribution in [1.82, 2.24) is 0 Å². The number of amides is 1. The SMILES string of the molecule is [C-]#[N+]CC(=O)Nc1c(CC)cccc1CC. The molecule has 0 spiro atoms. The van der Waals surface area contributed by atoms with Crippen molar-refractivity contribution in [2.75, 3.05) is 11.9 Å². The van der Waals surface area contributed by atoms with Crippen molar-refractivity contribution in [1.29, 1.82) is 0 Å². The Kier molecular flexibility index (Phi) is 4.53. The second-order valence-electron chi connectivity index (χ2n) is 3.52. The summed E-state index contributed by atoms with van der Waals surface area (Å²) < 4.78 is 0. The van der Waals surface area contributed by atoms with Gasteiger partial charge in [-0.15, -0.1) is 0 Å². The molecule has 0 bridgehead atoms. The van der Waals surface area contributed by atoms with Crippen LogP contribution in [0.15, 0.2) is 18.2 Å². The number of aryl methyl sites for hydroxylation is 2. The first-order valence-electron chi connectivity index (χ1n) is 5.46. The molecule has 0 saturated heterocycles. The molecule has 1 rings (SSSR count). The highest BCUT2D eigenvalue weighted by molar-refractivity contribution is 5.94. The van der Waals surface area contributed by atoms with Crippen LogP contribution in [0.3, 0.4) is 0 Å². The van der Waals surface area contributed by atoms with E-state index in [-0.39, 0.29) is 12.5 Å². The van der Waals surface area contributed by atoms with Crippen molar-refractivity contribution in [3.63, 3.8) is 0 Å². The van der Waals surface area contributed by atoms with E-state index in [2.05, 4.69) is 24.0 Å². The number of carbonyl (C=O) groups is 1. The fourth-order valence-electron chi connectivity index (χ4n) is 1.65. The molecule has 0 atom stereocenters. The average Bonchev–Trinajstić information content (AvgIpc) is 2.29. The monoisotopic (exact) mass is 216 g/mol. The van der Waals surface area contributed by atoms with Gasteiger partial charge in [-0.25, -0.2) is 6.57 Å². The standard InChI is InChI=1S/C13H16N2O/c1-4-10-7-6-8-11(5-2)13(10)15-12(16)9-14-3/h6-8H,4-5,9H2,1-2H3,(H,15,16). The van der Waals surface area contributed by atoms with Gasteiger partial charge >= 0.3 is 5.91 Å². The second-order valence-corrected chi connectivity index (χ2v) is 3.52. The first-order valence-corrected chi connectivity index (χ1v) is 5.46. The molecule has 1 N–H and O–H groups in total. The molecule has 0 heterocycles. The molecule has 3 heteroatoms. The average molecular weight is 216 g/mol. The summed E-state index contributed by atoms with van der Waals surface area (Å²) in [5.74, 6) is -0.231. The van der Waals surface area contributed by atoms with E-state index in [9.17, 15) is 4.79 Å². The van der Waals surface area contributed by atoms with Gasteiger partial charge in [0.2, 0.25) is 0 Å². The van der Waals surface area contributed by atoms with E-state index in [1.54, 1.807) is 0 Å². The summed E-state index contributed by atoms with van der Waals surface area (Å²) in [7, 11) is 0. The van der Waals surface area contributed by atoms with Crippen LogP contribution in [0.1, 0.15) is 25.0 Å². The van der Waals surface area contributed by atoms with E-state index in [4.69, 9.17) is 6.57 Å². The van der Waals surface area contributed by atoms with Gasteiger partial charge in [-0.05, 0) is 24.0 Å². The van der Waals surface area contributed by atoms with Crippen LogP contribution >= 0.6 is 0 Å². The Labute approximate surface area is 96.3 Å². The maximum atomic E-state index is 11.4. The van der Waals surface area contributed by atoms with Crippen LogP contribution in [0.25, 0.3) is 4.85 Å². The molecule has 0 radical (unpaired) electrons. The fraction of sp³-hybridized carbons (Fsp3) is 0.385. The minimum atomic E-state index is -0.231. The molecule has 3 nitrogen and oxygen atoms in total. The third-order valence-electron chi connectivity index (χ3n) is 2.49. The highest BCUT2D eigenvalue weighted by atomic mass is 16.1. The predicted molar refractivity (Wildman–Crippen MR) is 65.3 cm³/mol. The summed E-state index contributed by atoms with van der Waals surface area (Å²) in [4.78, 5) is 14.5. The van der Waals surface area contributed by atoms with Gasteiger partial charge < -0.3 is 10.2 Å². The van der Waals surface area contributed by atoms with Crippen LogP contribution < -0.4 is 5.32 Å². The highest BCUT2D eigenvalue weighted by Gasteiger charge is 2.10. The van der Waals surface area contributed by atoms with Gasteiger partial charge in [0.1, 0.15) is 0 Å². The summed E-state index contributed by atoms with van der Waals surface area (Å²) in [6.07, 6.45) is 1.75. The molecule has 0 aliphatic heterocycles. The normalized spacial score (nSPS) is 9.56. The second kappa shape index (κ2) is 5.92. The Balaban J connectivity index is 3.00. The Morgan fingerprint density at radius 1 is 1.31 bits per heavy atom. The number of rotatable bonds is 4. The molecular weight excluding hydrogens is 200 g/mol. The van der Waals surface area contributed by atoms with Gasteiger partial charge in [-0.2, -0.15) is 0 Å². The van der Waals surface area contributed by atoms with E-state index in [0.29, 0.717) is 0 Å². The summed E-state index contributed by atoms with van der Waals surface area (Å²) in [6, 6.07) is 6.02. The molecule has 0 aliphatic rings. The Hall–Kier alpha value is -1.82. The molecule has 1 aromatic carbocycles. The van der Waals surface area contributed by atoms with Gasteiger partial charge in [-0.3, -0.25) is 4.79 Å². The van der Waals surface area contributed by atoms with E-state index in [0.717, 1.165) is 29.7 Å². The highest BCUT2D eigenvalue weighted by Crippen LogP contribution is 2.22. The first kappa shape index (κ1) is 12.3. The summed E-state index contributed by atoms with van der Waals surface area (Å²) in [6.45, 7) is 10.7. The van der Waals surface area contributed by atoms with Crippen molar-refractivity contribution < 1.29 is 4.79 Å². The third kappa shape index (κ3) is 2.83. The van der Waals surface area contributed by atoms with Gasteiger partial charge in [0, 0.05) is 5.69 Å².